The average Bonchev–Trinajstić information content (AvgIpc) is 2.46. The Morgan fingerprint density at radius 3 is 2.55 bits per heavy atom. The van der Waals surface area contributed by atoms with Gasteiger partial charge in [-0.05, 0) is 25.1 Å². The van der Waals surface area contributed by atoms with Crippen LogP contribution in [-0.4, -0.2) is 38.2 Å². The average molecular weight is 280 g/mol. The van der Waals surface area contributed by atoms with Crippen LogP contribution in [0.4, 0.5) is 4.79 Å². The zero-order valence-electron chi connectivity index (χ0n) is 11.4. The Kier molecular flexibility index (Phi) is 5.52. The van der Waals surface area contributed by atoms with Gasteiger partial charge in [-0.25, -0.2) is 9.59 Å². The van der Waals surface area contributed by atoms with Crippen molar-refractivity contribution in [2.45, 2.75) is 13.0 Å². The molecule has 0 aliphatic carbocycles. The SMILES string of the molecule is CNC(=O)NC(=O)C(C)OC(=O)c1cccc(OC)c1. The van der Waals surface area contributed by atoms with E-state index in [4.69, 9.17) is 9.47 Å². The van der Waals surface area contributed by atoms with Gasteiger partial charge in [0.05, 0.1) is 12.7 Å². The van der Waals surface area contributed by atoms with Crippen molar-refractivity contribution >= 4 is 17.9 Å². The summed E-state index contributed by atoms with van der Waals surface area (Å²) in [7, 11) is 2.85. The maximum absolute atomic E-state index is 11.8. The molecule has 0 heterocycles. The Labute approximate surface area is 116 Å². The number of carbonyl (C=O) groups excluding carboxylic acids is 3. The number of esters is 1. The maximum Gasteiger partial charge on any atom is 0.339 e. The summed E-state index contributed by atoms with van der Waals surface area (Å²) in [6.45, 7) is 1.37. The normalized spacial score (nSPS) is 11.2. The van der Waals surface area contributed by atoms with Crippen LogP contribution in [0.3, 0.4) is 0 Å². The number of rotatable bonds is 4. The first-order valence-corrected chi connectivity index (χ1v) is 5.85. The molecule has 0 aliphatic heterocycles. The summed E-state index contributed by atoms with van der Waals surface area (Å²) in [5, 5.41) is 4.24. The molecule has 1 unspecified atom stereocenters. The fourth-order valence-corrected chi connectivity index (χ4v) is 1.31. The fraction of sp³-hybridized carbons (Fsp3) is 0.308. The lowest BCUT2D eigenvalue weighted by Crippen LogP contribution is -2.43. The van der Waals surface area contributed by atoms with Crippen LogP contribution >= 0.6 is 0 Å². The molecule has 0 saturated carbocycles. The second-order valence-electron chi connectivity index (χ2n) is 3.85. The molecule has 108 valence electrons. The van der Waals surface area contributed by atoms with Crippen molar-refractivity contribution in [3.63, 3.8) is 0 Å². The van der Waals surface area contributed by atoms with Crippen LogP contribution in [0.15, 0.2) is 24.3 Å². The second kappa shape index (κ2) is 7.13. The van der Waals surface area contributed by atoms with E-state index in [1.165, 1.54) is 33.2 Å². The first-order valence-electron chi connectivity index (χ1n) is 5.85. The number of nitrogens with one attached hydrogen (secondary N) is 2. The molecule has 7 heteroatoms. The second-order valence-corrected chi connectivity index (χ2v) is 3.85. The van der Waals surface area contributed by atoms with Gasteiger partial charge >= 0.3 is 12.0 Å². The molecule has 7 nitrogen and oxygen atoms in total. The van der Waals surface area contributed by atoms with Crippen molar-refractivity contribution in [1.82, 2.24) is 10.6 Å². The van der Waals surface area contributed by atoms with Gasteiger partial charge in [-0.15, -0.1) is 0 Å². The standard InChI is InChI=1S/C13H16N2O5/c1-8(11(16)15-13(18)14-2)20-12(17)9-5-4-6-10(7-9)19-3/h4-8H,1-3H3,(H2,14,15,16,18). The Morgan fingerprint density at radius 2 is 1.95 bits per heavy atom. The minimum Gasteiger partial charge on any atom is -0.497 e. The van der Waals surface area contributed by atoms with E-state index in [9.17, 15) is 14.4 Å². The van der Waals surface area contributed by atoms with E-state index in [1.807, 2.05) is 5.32 Å². The molecule has 1 atom stereocenters. The fourth-order valence-electron chi connectivity index (χ4n) is 1.31. The molecule has 0 radical (unpaired) electrons. The zero-order valence-corrected chi connectivity index (χ0v) is 11.4. The molecular formula is C13H16N2O5. The largest absolute Gasteiger partial charge is 0.497 e. The molecule has 0 fully saturated rings. The van der Waals surface area contributed by atoms with Crippen molar-refractivity contribution in [3.05, 3.63) is 29.8 Å². The van der Waals surface area contributed by atoms with Crippen LogP contribution in [0, 0.1) is 0 Å². The molecule has 1 aromatic rings. The Bertz CT molecular complexity index is 515. The monoisotopic (exact) mass is 280 g/mol. The van der Waals surface area contributed by atoms with Gasteiger partial charge in [-0.3, -0.25) is 10.1 Å². The summed E-state index contributed by atoms with van der Waals surface area (Å²) in [6, 6.07) is 5.67. The summed E-state index contributed by atoms with van der Waals surface area (Å²) >= 11 is 0. The van der Waals surface area contributed by atoms with Crippen LogP contribution in [0.2, 0.25) is 0 Å². The highest BCUT2D eigenvalue weighted by Gasteiger charge is 2.20. The molecule has 1 rings (SSSR count). The first kappa shape index (κ1) is 15.5. The van der Waals surface area contributed by atoms with Crippen LogP contribution in [0.1, 0.15) is 17.3 Å². The molecule has 2 N–H and O–H groups in total. The quantitative estimate of drug-likeness (QED) is 0.792. The van der Waals surface area contributed by atoms with Crippen molar-refractivity contribution in [2.75, 3.05) is 14.2 Å². The molecule has 0 aromatic heterocycles. The van der Waals surface area contributed by atoms with Gasteiger partial charge in [0.2, 0.25) is 0 Å². The molecule has 20 heavy (non-hydrogen) atoms. The predicted octanol–water partition coefficient (Wildman–Crippen LogP) is 0.696. The number of methoxy groups -OCH3 is 1. The third-order valence-electron chi connectivity index (χ3n) is 2.42. The van der Waals surface area contributed by atoms with Crippen molar-refractivity contribution in [1.29, 1.82) is 0 Å². The molecule has 0 aliphatic rings. The van der Waals surface area contributed by atoms with Crippen LogP contribution < -0.4 is 15.4 Å². The lowest BCUT2D eigenvalue weighted by Gasteiger charge is -2.13. The number of hydrogen-bond acceptors (Lipinski definition) is 5. The van der Waals surface area contributed by atoms with Gasteiger partial charge in [0.25, 0.3) is 5.91 Å². The Morgan fingerprint density at radius 1 is 1.25 bits per heavy atom. The molecule has 0 bridgehead atoms. The maximum atomic E-state index is 11.8. The van der Waals surface area contributed by atoms with E-state index < -0.39 is 24.0 Å². The highest BCUT2D eigenvalue weighted by Crippen LogP contribution is 2.14. The Balaban J connectivity index is 2.65. The third kappa shape index (κ3) is 4.27. The number of urea groups is 1. The lowest BCUT2D eigenvalue weighted by atomic mass is 10.2. The Hall–Kier alpha value is -2.57. The molecule has 3 amide bonds. The number of imide groups is 1. The highest BCUT2D eigenvalue weighted by molar-refractivity contribution is 5.98. The number of ether oxygens (including phenoxy) is 2. The topological polar surface area (TPSA) is 93.7 Å². The van der Waals surface area contributed by atoms with Crippen LogP contribution in [0.25, 0.3) is 0 Å². The third-order valence-corrected chi connectivity index (χ3v) is 2.42. The van der Waals surface area contributed by atoms with E-state index in [0.29, 0.717) is 5.75 Å². The summed E-state index contributed by atoms with van der Waals surface area (Å²) in [5.41, 5.74) is 0.254. The molecule has 0 saturated heterocycles. The highest BCUT2D eigenvalue weighted by atomic mass is 16.5. The minimum atomic E-state index is -1.09. The van der Waals surface area contributed by atoms with Crippen molar-refractivity contribution in [3.8, 4) is 5.75 Å². The molecule has 1 aromatic carbocycles. The molecular weight excluding hydrogens is 264 g/mol. The van der Waals surface area contributed by atoms with Crippen molar-refractivity contribution in [2.24, 2.45) is 0 Å². The predicted molar refractivity (Wildman–Crippen MR) is 70.5 cm³/mol. The van der Waals surface area contributed by atoms with Gasteiger partial charge in [0, 0.05) is 7.05 Å². The van der Waals surface area contributed by atoms with Gasteiger partial charge in [0.1, 0.15) is 5.75 Å². The first-order chi connectivity index (χ1) is 9.47. The van der Waals surface area contributed by atoms with Crippen LogP contribution in [-0.2, 0) is 9.53 Å². The van der Waals surface area contributed by atoms with E-state index in [1.54, 1.807) is 12.1 Å². The van der Waals surface area contributed by atoms with Gasteiger partial charge < -0.3 is 14.8 Å². The summed E-state index contributed by atoms with van der Waals surface area (Å²) in [5.74, 6) is -0.883. The number of hydrogen-bond donors (Lipinski definition) is 2. The summed E-state index contributed by atoms with van der Waals surface area (Å²) in [4.78, 5) is 34.3. The minimum absolute atomic E-state index is 0.254. The zero-order chi connectivity index (χ0) is 15.1. The number of benzene rings is 1. The van der Waals surface area contributed by atoms with E-state index in [-0.39, 0.29) is 5.56 Å². The molecule has 0 spiro atoms. The van der Waals surface area contributed by atoms with Crippen molar-refractivity contribution < 1.29 is 23.9 Å². The summed E-state index contributed by atoms with van der Waals surface area (Å²) in [6.07, 6.45) is -1.09. The number of amides is 3. The smallest absolute Gasteiger partial charge is 0.339 e. The van der Waals surface area contributed by atoms with Gasteiger partial charge in [-0.1, -0.05) is 6.07 Å². The van der Waals surface area contributed by atoms with Gasteiger partial charge in [-0.2, -0.15) is 0 Å². The summed E-state index contributed by atoms with van der Waals surface area (Å²) < 4.78 is 9.94. The lowest BCUT2D eigenvalue weighted by molar-refractivity contribution is -0.127. The number of carbonyl (C=O) groups is 3. The van der Waals surface area contributed by atoms with E-state index in [2.05, 4.69) is 5.32 Å². The van der Waals surface area contributed by atoms with Crippen LogP contribution in [0.5, 0.6) is 5.75 Å². The van der Waals surface area contributed by atoms with E-state index in [0.717, 1.165) is 0 Å². The van der Waals surface area contributed by atoms with Gasteiger partial charge in [0.15, 0.2) is 6.10 Å². The van der Waals surface area contributed by atoms with E-state index >= 15 is 0 Å².